The molecule has 344 valence electrons. The lowest BCUT2D eigenvalue weighted by Crippen LogP contribution is -2.30. The second-order valence-corrected chi connectivity index (χ2v) is 17.8. The molecular weight excluding hydrogens is 721 g/mol. The van der Waals surface area contributed by atoms with Gasteiger partial charge in [-0.25, -0.2) is 0 Å². The Morgan fingerprint density at radius 3 is 0.690 bits per heavy atom. The van der Waals surface area contributed by atoms with E-state index in [4.69, 9.17) is 14.2 Å². The van der Waals surface area contributed by atoms with Crippen LogP contribution in [0, 0.1) is 0 Å². The van der Waals surface area contributed by atoms with E-state index in [1.807, 2.05) is 0 Å². The van der Waals surface area contributed by atoms with Crippen molar-refractivity contribution in [1.82, 2.24) is 0 Å². The summed E-state index contributed by atoms with van der Waals surface area (Å²) in [6.45, 7) is 6.67. The van der Waals surface area contributed by atoms with Gasteiger partial charge in [0.25, 0.3) is 0 Å². The minimum atomic E-state index is -0.759. The van der Waals surface area contributed by atoms with Crippen LogP contribution in [0.15, 0.2) is 0 Å². The normalized spacial score (nSPS) is 11.8. The SMILES string of the molecule is CCCCCCCCCCCCCCCCCCCC(=O)O[C@@H](COC(=O)CCCCCCCCCCCC)COC(=O)CCCCCCCCCCCCCCC. The Kier molecular flexibility index (Phi) is 46.8. The van der Waals surface area contributed by atoms with E-state index in [1.165, 1.54) is 199 Å². The molecule has 0 saturated carbocycles. The number of carbonyl (C=O) groups is 3. The van der Waals surface area contributed by atoms with Gasteiger partial charge < -0.3 is 14.2 Å². The molecule has 0 heterocycles. The highest BCUT2D eigenvalue weighted by Crippen LogP contribution is 2.17. The molecule has 0 bridgehead atoms. The Balaban J connectivity index is 4.27. The molecule has 0 aromatic heterocycles. The topological polar surface area (TPSA) is 78.9 Å². The molecule has 0 N–H and O–H groups in total. The number of unbranched alkanes of at least 4 members (excludes halogenated alkanes) is 37. The van der Waals surface area contributed by atoms with Gasteiger partial charge in [0, 0.05) is 19.3 Å². The summed E-state index contributed by atoms with van der Waals surface area (Å²) in [7, 11) is 0. The van der Waals surface area contributed by atoms with Crippen molar-refractivity contribution in [3.05, 3.63) is 0 Å². The van der Waals surface area contributed by atoms with Crippen molar-refractivity contribution in [3.8, 4) is 0 Å². The van der Waals surface area contributed by atoms with E-state index in [0.29, 0.717) is 19.3 Å². The van der Waals surface area contributed by atoms with Crippen LogP contribution in [-0.2, 0) is 28.6 Å². The molecule has 0 aliphatic heterocycles. The van der Waals surface area contributed by atoms with Gasteiger partial charge in [0.05, 0.1) is 0 Å². The summed E-state index contributed by atoms with van der Waals surface area (Å²) >= 11 is 0. The molecule has 0 saturated heterocycles. The maximum Gasteiger partial charge on any atom is 0.306 e. The van der Waals surface area contributed by atoms with Crippen molar-refractivity contribution in [2.24, 2.45) is 0 Å². The second-order valence-electron chi connectivity index (χ2n) is 17.8. The summed E-state index contributed by atoms with van der Waals surface area (Å²) in [6, 6.07) is 0. The number of hydrogen-bond acceptors (Lipinski definition) is 6. The summed E-state index contributed by atoms with van der Waals surface area (Å²) in [4.78, 5) is 37.9. The Hall–Kier alpha value is -1.59. The number of hydrogen-bond donors (Lipinski definition) is 0. The summed E-state index contributed by atoms with van der Waals surface area (Å²) in [5.41, 5.74) is 0. The fourth-order valence-electron chi connectivity index (χ4n) is 7.92. The van der Waals surface area contributed by atoms with Crippen LogP contribution in [0.4, 0.5) is 0 Å². The monoisotopic (exact) mass is 821 g/mol. The zero-order valence-corrected chi connectivity index (χ0v) is 39.3. The highest BCUT2D eigenvalue weighted by atomic mass is 16.6. The number of esters is 3. The lowest BCUT2D eigenvalue weighted by molar-refractivity contribution is -0.167. The molecule has 0 amide bonds. The fraction of sp³-hybridized carbons (Fsp3) is 0.942. The molecule has 0 rings (SSSR count). The van der Waals surface area contributed by atoms with E-state index in [1.54, 1.807) is 0 Å². The van der Waals surface area contributed by atoms with Crippen LogP contribution in [0.25, 0.3) is 0 Å². The van der Waals surface area contributed by atoms with Gasteiger partial charge in [-0.15, -0.1) is 0 Å². The first-order valence-electron chi connectivity index (χ1n) is 26.0. The first-order valence-corrected chi connectivity index (χ1v) is 26.0. The molecule has 0 fully saturated rings. The van der Waals surface area contributed by atoms with Crippen LogP contribution in [0.5, 0.6) is 0 Å². The van der Waals surface area contributed by atoms with Gasteiger partial charge in [-0.2, -0.15) is 0 Å². The number of rotatable bonds is 48. The lowest BCUT2D eigenvalue weighted by Gasteiger charge is -2.18. The summed E-state index contributed by atoms with van der Waals surface area (Å²) in [5.74, 6) is -0.842. The quantitative estimate of drug-likeness (QED) is 0.0346. The maximum atomic E-state index is 12.8. The Labute approximate surface area is 361 Å². The van der Waals surface area contributed by atoms with Gasteiger partial charge in [-0.05, 0) is 19.3 Å². The predicted octanol–water partition coefficient (Wildman–Crippen LogP) is 16.8. The summed E-state index contributed by atoms with van der Waals surface area (Å²) in [5, 5.41) is 0. The Bertz CT molecular complexity index is 859. The van der Waals surface area contributed by atoms with Crippen LogP contribution < -0.4 is 0 Å². The van der Waals surface area contributed by atoms with Crippen LogP contribution >= 0.6 is 0 Å². The van der Waals surface area contributed by atoms with Crippen LogP contribution in [0.3, 0.4) is 0 Å². The molecule has 0 unspecified atom stereocenters. The van der Waals surface area contributed by atoms with Gasteiger partial charge >= 0.3 is 17.9 Å². The van der Waals surface area contributed by atoms with Crippen molar-refractivity contribution in [3.63, 3.8) is 0 Å². The molecular formula is C52H100O6. The summed E-state index contributed by atoms with van der Waals surface area (Å²) in [6.07, 6.45) is 50.8. The zero-order valence-electron chi connectivity index (χ0n) is 39.3. The zero-order chi connectivity index (χ0) is 42.3. The molecule has 0 aliphatic rings. The standard InChI is InChI=1S/C52H100O6/c1-4-7-10-13-16-19-22-24-25-26-27-29-31-34-37-40-43-46-52(55)58-49(47-56-50(53)44-41-38-35-32-21-18-15-12-9-6-3)48-57-51(54)45-42-39-36-33-30-28-23-20-17-14-11-8-5-2/h49H,4-48H2,1-3H3/t49-/m0/s1. The van der Waals surface area contributed by atoms with Crippen molar-refractivity contribution >= 4 is 17.9 Å². The minimum Gasteiger partial charge on any atom is -0.462 e. The first kappa shape index (κ1) is 56.4. The van der Waals surface area contributed by atoms with E-state index in [2.05, 4.69) is 20.8 Å². The number of carbonyl (C=O) groups excluding carboxylic acids is 3. The molecule has 6 nitrogen and oxygen atoms in total. The molecule has 0 aliphatic carbocycles. The van der Waals surface area contributed by atoms with Gasteiger partial charge in [0.1, 0.15) is 13.2 Å². The van der Waals surface area contributed by atoms with Gasteiger partial charge in [-0.1, -0.05) is 258 Å². The van der Waals surface area contributed by atoms with Crippen molar-refractivity contribution < 1.29 is 28.6 Å². The van der Waals surface area contributed by atoms with E-state index < -0.39 is 6.10 Å². The third-order valence-electron chi connectivity index (χ3n) is 11.9. The van der Waals surface area contributed by atoms with Crippen molar-refractivity contribution in [2.45, 2.75) is 303 Å². The largest absolute Gasteiger partial charge is 0.462 e. The summed E-state index contributed by atoms with van der Waals surface area (Å²) < 4.78 is 16.8. The average molecular weight is 821 g/mol. The van der Waals surface area contributed by atoms with Crippen molar-refractivity contribution in [2.75, 3.05) is 13.2 Å². The minimum absolute atomic E-state index is 0.0619. The first-order chi connectivity index (χ1) is 28.5. The Morgan fingerprint density at radius 1 is 0.276 bits per heavy atom. The van der Waals surface area contributed by atoms with E-state index in [0.717, 1.165) is 57.8 Å². The lowest BCUT2D eigenvalue weighted by atomic mass is 10.0. The van der Waals surface area contributed by atoms with Crippen molar-refractivity contribution in [1.29, 1.82) is 0 Å². The van der Waals surface area contributed by atoms with Gasteiger partial charge in [-0.3, -0.25) is 14.4 Å². The molecule has 58 heavy (non-hydrogen) atoms. The third kappa shape index (κ3) is 45.5. The van der Waals surface area contributed by atoms with Gasteiger partial charge in [0.2, 0.25) is 0 Å². The van der Waals surface area contributed by atoms with E-state index in [9.17, 15) is 14.4 Å². The molecule has 6 heteroatoms. The fourth-order valence-corrected chi connectivity index (χ4v) is 7.92. The average Bonchev–Trinajstić information content (AvgIpc) is 3.22. The predicted molar refractivity (Wildman–Crippen MR) is 247 cm³/mol. The molecule has 0 aromatic carbocycles. The van der Waals surface area contributed by atoms with E-state index in [-0.39, 0.29) is 31.1 Å². The van der Waals surface area contributed by atoms with E-state index >= 15 is 0 Å². The van der Waals surface area contributed by atoms with Crippen LogP contribution in [-0.4, -0.2) is 37.2 Å². The smallest absolute Gasteiger partial charge is 0.306 e. The number of ether oxygens (including phenoxy) is 3. The molecule has 1 atom stereocenters. The molecule has 0 radical (unpaired) electrons. The highest BCUT2D eigenvalue weighted by Gasteiger charge is 2.19. The van der Waals surface area contributed by atoms with Crippen LogP contribution in [0.2, 0.25) is 0 Å². The van der Waals surface area contributed by atoms with Crippen LogP contribution in [0.1, 0.15) is 297 Å². The third-order valence-corrected chi connectivity index (χ3v) is 11.9. The highest BCUT2D eigenvalue weighted by molar-refractivity contribution is 5.71. The second kappa shape index (κ2) is 48.1. The Morgan fingerprint density at radius 2 is 0.466 bits per heavy atom. The molecule has 0 aromatic rings. The molecule has 0 spiro atoms. The van der Waals surface area contributed by atoms with Gasteiger partial charge in [0.15, 0.2) is 6.10 Å². The maximum absolute atomic E-state index is 12.8.